The number of carbonyl (C=O) groups excluding carboxylic acids is 1. The molecule has 1 aromatic carbocycles. The van der Waals surface area contributed by atoms with Gasteiger partial charge in [0.15, 0.2) is 0 Å². The van der Waals surface area contributed by atoms with Gasteiger partial charge in [-0.15, -0.1) is 0 Å². The van der Waals surface area contributed by atoms with E-state index in [1.54, 1.807) is 13.2 Å². The fourth-order valence-corrected chi connectivity index (χ4v) is 2.74. The number of hydrogen-bond acceptors (Lipinski definition) is 3. The number of likely N-dealkylation sites (N-methyl/N-ethyl adjacent to an activating group) is 1. The van der Waals surface area contributed by atoms with E-state index in [1.165, 1.54) is 0 Å². The maximum Gasteiger partial charge on any atom is 0.246 e. The number of para-hydroxylation sites is 1. The molecular weight excluding hydrogens is 264 g/mol. The Kier molecular flexibility index (Phi) is 5.39. The van der Waals surface area contributed by atoms with Crippen LogP contribution in [0.2, 0.25) is 0 Å². The van der Waals surface area contributed by atoms with Crippen LogP contribution in [0, 0.1) is 0 Å². The molecule has 1 unspecified atom stereocenters. The van der Waals surface area contributed by atoms with Gasteiger partial charge < -0.3 is 15.0 Å². The van der Waals surface area contributed by atoms with Crippen molar-refractivity contribution in [3.05, 3.63) is 35.9 Å². The zero-order valence-corrected chi connectivity index (χ0v) is 13.1. The highest BCUT2D eigenvalue weighted by Gasteiger charge is 2.21. The molecule has 2 rings (SSSR count). The Morgan fingerprint density at radius 1 is 1.43 bits per heavy atom. The Bertz CT molecular complexity index is 525. The summed E-state index contributed by atoms with van der Waals surface area (Å²) in [7, 11) is 3.60. The van der Waals surface area contributed by atoms with Crippen LogP contribution < -0.4 is 10.1 Å². The second-order valence-electron chi connectivity index (χ2n) is 5.44. The van der Waals surface area contributed by atoms with Gasteiger partial charge in [0, 0.05) is 30.8 Å². The van der Waals surface area contributed by atoms with E-state index in [9.17, 15) is 4.79 Å². The van der Waals surface area contributed by atoms with Crippen molar-refractivity contribution in [3.8, 4) is 5.75 Å². The molecule has 1 atom stereocenters. The van der Waals surface area contributed by atoms with Gasteiger partial charge in [-0.25, -0.2) is 0 Å². The summed E-state index contributed by atoms with van der Waals surface area (Å²) in [5.74, 6) is 0.879. The Hall–Kier alpha value is -1.81. The molecule has 1 N–H and O–H groups in total. The van der Waals surface area contributed by atoms with E-state index in [-0.39, 0.29) is 5.91 Å². The van der Waals surface area contributed by atoms with Crippen molar-refractivity contribution in [1.82, 2.24) is 10.2 Å². The lowest BCUT2D eigenvalue weighted by molar-refractivity contribution is -0.127. The average molecular weight is 288 g/mol. The number of nitrogens with one attached hydrogen (secondary N) is 1. The quantitative estimate of drug-likeness (QED) is 0.865. The van der Waals surface area contributed by atoms with Crippen molar-refractivity contribution in [2.24, 2.45) is 0 Å². The first-order valence-electron chi connectivity index (χ1n) is 7.43. The summed E-state index contributed by atoms with van der Waals surface area (Å²) in [4.78, 5) is 14.3. The maximum absolute atomic E-state index is 12.4. The fourth-order valence-electron chi connectivity index (χ4n) is 2.74. The Labute approximate surface area is 126 Å². The predicted molar refractivity (Wildman–Crippen MR) is 85.3 cm³/mol. The summed E-state index contributed by atoms with van der Waals surface area (Å²) in [6.07, 6.45) is 3.91. The predicted octanol–water partition coefficient (Wildman–Crippen LogP) is 2.31. The smallest absolute Gasteiger partial charge is 0.246 e. The second kappa shape index (κ2) is 7.27. The highest BCUT2D eigenvalue weighted by Crippen LogP contribution is 2.25. The van der Waals surface area contributed by atoms with E-state index in [4.69, 9.17) is 4.74 Å². The van der Waals surface area contributed by atoms with Gasteiger partial charge in [0.05, 0.1) is 7.11 Å². The minimum absolute atomic E-state index is 0.0818. The Balaban J connectivity index is 2.12. The van der Waals surface area contributed by atoms with Gasteiger partial charge in [-0.2, -0.15) is 0 Å². The minimum Gasteiger partial charge on any atom is -0.496 e. The lowest BCUT2D eigenvalue weighted by Crippen LogP contribution is -2.46. The van der Waals surface area contributed by atoms with Gasteiger partial charge in [0.25, 0.3) is 0 Å². The normalized spacial score (nSPS) is 19.5. The van der Waals surface area contributed by atoms with Crippen LogP contribution >= 0.6 is 0 Å². The number of hydrogen-bond donors (Lipinski definition) is 1. The standard InChI is InChI=1S/C17H24N2O2/c1-13(15-8-4-5-9-16(15)21-3)11-17(20)19-10-6-7-14(12-19)18-2/h4-5,8-9,11,14,18H,6-7,10,12H2,1-3H3. The maximum atomic E-state index is 12.4. The molecule has 1 aromatic rings. The molecule has 1 amide bonds. The van der Waals surface area contributed by atoms with Crippen molar-refractivity contribution in [2.45, 2.75) is 25.8 Å². The van der Waals surface area contributed by atoms with Crippen molar-refractivity contribution in [1.29, 1.82) is 0 Å². The number of nitrogens with zero attached hydrogens (tertiary/aromatic N) is 1. The van der Waals surface area contributed by atoms with E-state index in [2.05, 4.69) is 5.32 Å². The summed E-state index contributed by atoms with van der Waals surface area (Å²) < 4.78 is 5.35. The first kappa shape index (κ1) is 15.6. The number of likely N-dealkylation sites (tertiary alicyclic amines) is 1. The van der Waals surface area contributed by atoms with Gasteiger partial charge in [-0.05, 0) is 38.5 Å². The zero-order valence-electron chi connectivity index (χ0n) is 13.1. The number of methoxy groups -OCH3 is 1. The lowest BCUT2D eigenvalue weighted by Gasteiger charge is -2.32. The number of piperidine rings is 1. The average Bonchev–Trinajstić information content (AvgIpc) is 2.54. The third kappa shape index (κ3) is 3.85. The van der Waals surface area contributed by atoms with E-state index in [0.29, 0.717) is 6.04 Å². The first-order chi connectivity index (χ1) is 10.2. The molecule has 1 saturated heterocycles. The van der Waals surface area contributed by atoms with Gasteiger partial charge in [0.2, 0.25) is 5.91 Å². The Morgan fingerprint density at radius 3 is 2.90 bits per heavy atom. The van der Waals surface area contributed by atoms with E-state index < -0.39 is 0 Å². The van der Waals surface area contributed by atoms with Crippen LogP contribution in [0.25, 0.3) is 5.57 Å². The molecule has 0 saturated carbocycles. The van der Waals surface area contributed by atoms with E-state index in [0.717, 1.165) is 42.8 Å². The largest absolute Gasteiger partial charge is 0.496 e. The topological polar surface area (TPSA) is 41.6 Å². The molecule has 1 fully saturated rings. The van der Waals surface area contributed by atoms with Crippen LogP contribution in [0.1, 0.15) is 25.3 Å². The monoisotopic (exact) mass is 288 g/mol. The summed E-state index contributed by atoms with van der Waals surface area (Å²) in [6.45, 7) is 3.58. The van der Waals surface area contributed by atoms with Crippen molar-refractivity contribution in [2.75, 3.05) is 27.2 Å². The van der Waals surface area contributed by atoms with E-state index >= 15 is 0 Å². The highest BCUT2D eigenvalue weighted by atomic mass is 16.5. The molecule has 0 aromatic heterocycles. The van der Waals surface area contributed by atoms with Crippen LogP contribution in [0.15, 0.2) is 30.3 Å². The van der Waals surface area contributed by atoms with Gasteiger partial charge in [0.1, 0.15) is 5.75 Å². The third-order valence-corrected chi connectivity index (χ3v) is 4.01. The third-order valence-electron chi connectivity index (χ3n) is 4.01. The van der Waals surface area contributed by atoms with E-state index in [1.807, 2.05) is 43.1 Å². The van der Waals surface area contributed by atoms with Gasteiger partial charge in [-0.3, -0.25) is 4.79 Å². The summed E-state index contributed by atoms with van der Waals surface area (Å²) >= 11 is 0. The number of amides is 1. The molecule has 0 radical (unpaired) electrons. The van der Waals surface area contributed by atoms with Crippen LogP contribution in [0.3, 0.4) is 0 Å². The van der Waals surface area contributed by atoms with Crippen molar-refractivity contribution >= 4 is 11.5 Å². The molecule has 21 heavy (non-hydrogen) atoms. The molecule has 114 valence electrons. The zero-order chi connectivity index (χ0) is 15.2. The van der Waals surface area contributed by atoms with Crippen molar-refractivity contribution < 1.29 is 9.53 Å². The van der Waals surface area contributed by atoms with Gasteiger partial charge in [-0.1, -0.05) is 18.2 Å². The minimum atomic E-state index is 0.0818. The molecule has 1 aliphatic heterocycles. The molecule has 0 spiro atoms. The number of rotatable bonds is 4. The highest BCUT2D eigenvalue weighted by molar-refractivity contribution is 5.95. The summed E-state index contributed by atoms with van der Waals surface area (Å²) in [5.41, 5.74) is 1.90. The second-order valence-corrected chi connectivity index (χ2v) is 5.44. The number of benzene rings is 1. The van der Waals surface area contributed by atoms with Crippen LogP contribution in [0.4, 0.5) is 0 Å². The molecule has 4 heteroatoms. The lowest BCUT2D eigenvalue weighted by atomic mass is 10.0. The van der Waals surface area contributed by atoms with Crippen LogP contribution in [0.5, 0.6) is 5.75 Å². The first-order valence-corrected chi connectivity index (χ1v) is 7.43. The molecule has 1 aliphatic rings. The SMILES string of the molecule is CNC1CCCN(C(=O)C=C(C)c2ccccc2OC)C1. The number of ether oxygens (including phenoxy) is 1. The number of allylic oxidation sites excluding steroid dienone is 1. The number of carbonyl (C=O) groups is 1. The Morgan fingerprint density at radius 2 is 2.19 bits per heavy atom. The summed E-state index contributed by atoms with van der Waals surface area (Å²) in [5, 5.41) is 3.26. The van der Waals surface area contributed by atoms with Crippen LogP contribution in [-0.2, 0) is 4.79 Å². The van der Waals surface area contributed by atoms with Crippen molar-refractivity contribution in [3.63, 3.8) is 0 Å². The molecule has 0 aliphatic carbocycles. The van der Waals surface area contributed by atoms with Gasteiger partial charge >= 0.3 is 0 Å². The molecule has 1 heterocycles. The molecule has 4 nitrogen and oxygen atoms in total. The molecular formula is C17H24N2O2. The van der Waals surface area contributed by atoms with Crippen LogP contribution in [-0.4, -0.2) is 44.1 Å². The fraction of sp³-hybridized carbons (Fsp3) is 0.471. The summed E-state index contributed by atoms with van der Waals surface area (Å²) in [6, 6.07) is 8.18. The molecule has 0 bridgehead atoms.